The van der Waals surface area contributed by atoms with Crippen LogP contribution in [0.3, 0.4) is 0 Å². The molecule has 6 heteroatoms. The van der Waals surface area contributed by atoms with Gasteiger partial charge < -0.3 is 14.8 Å². The van der Waals surface area contributed by atoms with Crippen LogP contribution >= 0.6 is 11.6 Å². The molecule has 1 fully saturated rings. The first-order valence-corrected chi connectivity index (χ1v) is 7.06. The van der Waals surface area contributed by atoms with Crippen molar-refractivity contribution in [1.29, 1.82) is 0 Å². The number of ether oxygens (including phenoxy) is 2. The maximum atomic E-state index is 5.86. The van der Waals surface area contributed by atoms with Gasteiger partial charge in [-0.15, -0.1) is 0 Å². The second-order valence-electron chi connectivity index (χ2n) is 4.59. The van der Waals surface area contributed by atoms with Gasteiger partial charge in [0.25, 0.3) is 0 Å². The van der Waals surface area contributed by atoms with Crippen molar-refractivity contribution in [3.05, 3.63) is 17.0 Å². The second-order valence-corrected chi connectivity index (χ2v) is 4.97. The zero-order valence-electron chi connectivity index (χ0n) is 11.2. The number of aromatic nitrogens is 2. The standard InChI is InChI=1S/C13H20ClN3O2/c1-10-16-12(14)9-13(17-10)15-5-2-6-19-11-3-7-18-8-4-11/h9,11H,2-8H2,1H3,(H,15,16,17). The van der Waals surface area contributed by atoms with Crippen molar-refractivity contribution in [3.8, 4) is 0 Å². The van der Waals surface area contributed by atoms with Gasteiger partial charge >= 0.3 is 0 Å². The molecule has 2 rings (SSSR count). The summed E-state index contributed by atoms with van der Waals surface area (Å²) in [6, 6.07) is 1.73. The van der Waals surface area contributed by atoms with Crippen molar-refractivity contribution in [2.75, 3.05) is 31.7 Å². The summed E-state index contributed by atoms with van der Waals surface area (Å²) in [6.45, 7) is 5.04. The fourth-order valence-electron chi connectivity index (χ4n) is 2.00. The molecular weight excluding hydrogens is 266 g/mol. The molecule has 0 spiro atoms. The topological polar surface area (TPSA) is 56.3 Å². The molecule has 0 amide bonds. The number of nitrogens with zero attached hydrogens (tertiary/aromatic N) is 2. The average molecular weight is 286 g/mol. The van der Waals surface area contributed by atoms with Crippen LogP contribution in [0.1, 0.15) is 25.1 Å². The van der Waals surface area contributed by atoms with Crippen molar-refractivity contribution >= 4 is 17.4 Å². The van der Waals surface area contributed by atoms with Crippen LogP contribution in [0.4, 0.5) is 5.82 Å². The Balaban J connectivity index is 1.60. The second kappa shape index (κ2) is 7.62. The first-order valence-electron chi connectivity index (χ1n) is 6.68. The minimum atomic E-state index is 0.365. The lowest BCUT2D eigenvalue weighted by molar-refractivity contribution is -0.0316. The quantitative estimate of drug-likeness (QED) is 0.643. The number of anilines is 1. The van der Waals surface area contributed by atoms with Crippen LogP contribution in [-0.2, 0) is 9.47 Å². The molecule has 0 atom stereocenters. The molecule has 1 aromatic heterocycles. The smallest absolute Gasteiger partial charge is 0.134 e. The molecule has 0 saturated carbocycles. The summed E-state index contributed by atoms with van der Waals surface area (Å²) < 4.78 is 11.1. The van der Waals surface area contributed by atoms with Crippen molar-refractivity contribution in [3.63, 3.8) is 0 Å². The van der Waals surface area contributed by atoms with E-state index < -0.39 is 0 Å². The normalized spacial score (nSPS) is 16.5. The maximum Gasteiger partial charge on any atom is 0.134 e. The number of aryl methyl sites for hydroxylation is 1. The minimum absolute atomic E-state index is 0.365. The zero-order valence-corrected chi connectivity index (χ0v) is 11.9. The van der Waals surface area contributed by atoms with E-state index in [1.807, 2.05) is 6.92 Å². The highest BCUT2D eigenvalue weighted by Crippen LogP contribution is 2.12. The van der Waals surface area contributed by atoms with Crippen molar-refractivity contribution in [2.24, 2.45) is 0 Å². The summed E-state index contributed by atoms with van der Waals surface area (Å²) >= 11 is 5.86. The van der Waals surface area contributed by atoms with Crippen LogP contribution < -0.4 is 5.32 Å². The maximum absolute atomic E-state index is 5.86. The van der Waals surface area contributed by atoms with E-state index in [1.54, 1.807) is 6.07 Å². The van der Waals surface area contributed by atoms with E-state index in [4.69, 9.17) is 21.1 Å². The van der Waals surface area contributed by atoms with Gasteiger partial charge in [-0.3, -0.25) is 0 Å². The van der Waals surface area contributed by atoms with Crippen LogP contribution in [0, 0.1) is 6.92 Å². The summed E-state index contributed by atoms with van der Waals surface area (Å²) in [6.07, 6.45) is 3.32. The van der Waals surface area contributed by atoms with Crippen LogP contribution in [0.5, 0.6) is 0 Å². The van der Waals surface area contributed by atoms with Gasteiger partial charge in [-0.2, -0.15) is 0 Å². The summed E-state index contributed by atoms with van der Waals surface area (Å²) in [5, 5.41) is 3.69. The molecule has 2 heterocycles. The molecule has 0 bridgehead atoms. The minimum Gasteiger partial charge on any atom is -0.381 e. The highest BCUT2D eigenvalue weighted by molar-refractivity contribution is 6.29. The zero-order chi connectivity index (χ0) is 13.5. The van der Waals surface area contributed by atoms with Gasteiger partial charge in [-0.1, -0.05) is 11.6 Å². The average Bonchev–Trinajstić information content (AvgIpc) is 2.38. The van der Waals surface area contributed by atoms with Gasteiger partial charge in [-0.25, -0.2) is 9.97 Å². The van der Waals surface area contributed by atoms with Gasteiger partial charge in [-0.05, 0) is 26.2 Å². The lowest BCUT2D eigenvalue weighted by Gasteiger charge is -2.22. The Morgan fingerprint density at radius 2 is 2.21 bits per heavy atom. The number of rotatable bonds is 6. The van der Waals surface area contributed by atoms with Gasteiger partial charge in [0.2, 0.25) is 0 Å². The fraction of sp³-hybridized carbons (Fsp3) is 0.692. The summed E-state index contributed by atoms with van der Waals surface area (Å²) in [7, 11) is 0. The van der Waals surface area contributed by atoms with Gasteiger partial charge in [0, 0.05) is 32.4 Å². The number of nitrogens with one attached hydrogen (secondary N) is 1. The molecule has 106 valence electrons. The summed E-state index contributed by atoms with van der Waals surface area (Å²) in [5.74, 6) is 1.44. The molecule has 1 aliphatic rings. The monoisotopic (exact) mass is 285 g/mol. The third-order valence-electron chi connectivity index (χ3n) is 2.96. The van der Waals surface area contributed by atoms with Crippen molar-refractivity contribution in [2.45, 2.75) is 32.3 Å². The van der Waals surface area contributed by atoms with E-state index in [-0.39, 0.29) is 0 Å². The van der Waals surface area contributed by atoms with Crippen molar-refractivity contribution in [1.82, 2.24) is 9.97 Å². The molecule has 0 radical (unpaired) electrons. The van der Waals surface area contributed by atoms with Gasteiger partial charge in [0.1, 0.15) is 16.8 Å². The Kier molecular flexibility index (Phi) is 5.82. The molecule has 1 saturated heterocycles. The Labute approximate surface area is 118 Å². The molecular formula is C13H20ClN3O2. The van der Waals surface area contributed by atoms with Crippen LogP contribution in [0.2, 0.25) is 5.15 Å². The molecule has 0 aliphatic carbocycles. The molecule has 0 aromatic carbocycles. The molecule has 1 N–H and O–H groups in total. The third kappa shape index (κ3) is 5.30. The van der Waals surface area contributed by atoms with E-state index in [9.17, 15) is 0 Å². The predicted molar refractivity (Wildman–Crippen MR) is 74.7 cm³/mol. The van der Waals surface area contributed by atoms with Gasteiger partial charge in [0.15, 0.2) is 0 Å². The summed E-state index contributed by atoms with van der Waals surface area (Å²) in [5.41, 5.74) is 0. The highest BCUT2D eigenvalue weighted by Gasteiger charge is 2.13. The molecule has 5 nitrogen and oxygen atoms in total. The van der Waals surface area contributed by atoms with E-state index >= 15 is 0 Å². The Bertz CT molecular complexity index is 377. The first kappa shape index (κ1) is 14.5. The van der Waals surface area contributed by atoms with Crippen molar-refractivity contribution < 1.29 is 9.47 Å². The number of hydrogen-bond acceptors (Lipinski definition) is 5. The van der Waals surface area contributed by atoms with Gasteiger partial charge in [0.05, 0.1) is 6.10 Å². The van der Waals surface area contributed by atoms with E-state index in [0.717, 1.165) is 51.4 Å². The molecule has 1 aromatic rings. The Hall–Kier alpha value is -0.910. The van der Waals surface area contributed by atoms with E-state index in [0.29, 0.717) is 17.1 Å². The van der Waals surface area contributed by atoms with E-state index in [1.165, 1.54) is 0 Å². The van der Waals surface area contributed by atoms with Crippen LogP contribution in [0.15, 0.2) is 6.07 Å². The lowest BCUT2D eigenvalue weighted by Crippen LogP contribution is -2.24. The molecule has 1 aliphatic heterocycles. The molecule has 19 heavy (non-hydrogen) atoms. The Morgan fingerprint density at radius 1 is 1.42 bits per heavy atom. The Morgan fingerprint density at radius 3 is 2.95 bits per heavy atom. The first-order chi connectivity index (χ1) is 9.24. The summed E-state index contributed by atoms with van der Waals surface area (Å²) in [4.78, 5) is 8.28. The molecule has 0 unspecified atom stereocenters. The van der Waals surface area contributed by atoms with Crippen LogP contribution in [0.25, 0.3) is 0 Å². The third-order valence-corrected chi connectivity index (χ3v) is 3.15. The number of hydrogen-bond donors (Lipinski definition) is 1. The van der Waals surface area contributed by atoms with Crippen LogP contribution in [-0.4, -0.2) is 42.4 Å². The lowest BCUT2D eigenvalue weighted by atomic mass is 10.1. The predicted octanol–water partition coefficient (Wildman–Crippen LogP) is 2.44. The van der Waals surface area contributed by atoms with E-state index in [2.05, 4.69) is 15.3 Å². The fourth-order valence-corrected chi connectivity index (χ4v) is 2.23. The largest absolute Gasteiger partial charge is 0.381 e. The highest BCUT2D eigenvalue weighted by atomic mass is 35.5. The number of halogens is 1. The SMILES string of the molecule is Cc1nc(Cl)cc(NCCCOC2CCOCC2)n1.